The summed E-state index contributed by atoms with van der Waals surface area (Å²) in [6.45, 7) is 3.85. The summed E-state index contributed by atoms with van der Waals surface area (Å²) < 4.78 is 0. The molecule has 2 atom stereocenters. The van der Waals surface area contributed by atoms with Crippen molar-refractivity contribution in [3.63, 3.8) is 0 Å². The molecule has 1 aromatic heterocycles. The lowest BCUT2D eigenvalue weighted by Gasteiger charge is -2.15. The number of urea groups is 1. The third-order valence-corrected chi connectivity index (χ3v) is 3.25. The van der Waals surface area contributed by atoms with Crippen molar-refractivity contribution in [3.05, 3.63) is 59.9 Å². The van der Waals surface area contributed by atoms with Gasteiger partial charge in [0.2, 0.25) is 0 Å². The summed E-state index contributed by atoms with van der Waals surface area (Å²) in [7, 11) is 0. The zero-order valence-electron chi connectivity index (χ0n) is 12.2. The van der Waals surface area contributed by atoms with E-state index in [0.29, 0.717) is 0 Å². The Morgan fingerprint density at radius 3 is 2.24 bits per heavy atom. The Kier molecular flexibility index (Phi) is 4.90. The molecule has 0 spiro atoms. The Labute approximate surface area is 124 Å². The largest absolute Gasteiger partial charge is 0.331 e. The van der Waals surface area contributed by atoms with E-state index in [1.54, 1.807) is 12.4 Å². The summed E-state index contributed by atoms with van der Waals surface area (Å²) in [5.74, 6) is 0. The van der Waals surface area contributed by atoms with Gasteiger partial charge in [0.25, 0.3) is 0 Å². The monoisotopic (exact) mass is 284 g/mol. The molecule has 4 N–H and O–H groups in total. The quantitative estimate of drug-likeness (QED) is 0.807. The number of hydrogen-bond acceptors (Lipinski definition) is 3. The van der Waals surface area contributed by atoms with Gasteiger partial charge in [-0.25, -0.2) is 4.79 Å². The number of anilines is 1. The van der Waals surface area contributed by atoms with E-state index in [-0.39, 0.29) is 18.1 Å². The molecular formula is C16H20N4O. The summed E-state index contributed by atoms with van der Waals surface area (Å²) in [4.78, 5) is 15.9. The molecule has 0 aliphatic carbocycles. The minimum absolute atomic E-state index is 0.0143. The number of aromatic nitrogens is 1. The average molecular weight is 284 g/mol. The molecule has 0 saturated heterocycles. The number of carbonyl (C=O) groups excluding carboxylic acids is 1. The summed E-state index contributed by atoms with van der Waals surface area (Å²) >= 11 is 0. The Morgan fingerprint density at radius 2 is 1.67 bits per heavy atom. The van der Waals surface area contributed by atoms with Gasteiger partial charge in [-0.15, -0.1) is 0 Å². The van der Waals surface area contributed by atoms with Gasteiger partial charge in [0.05, 0.1) is 6.04 Å². The number of benzene rings is 1. The second kappa shape index (κ2) is 6.85. The first-order valence-corrected chi connectivity index (χ1v) is 6.89. The van der Waals surface area contributed by atoms with Gasteiger partial charge < -0.3 is 16.4 Å². The summed E-state index contributed by atoms with van der Waals surface area (Å²) in [5, 5.41) is 5.68. The van der Waals surface area contributed by atoms with Crippen LogP contribution >= 0.6 is 0 Å². The number of nitrogens with zero attached hydrogens (tertiary/aromatic N) is 1. The second-order valence-corrected chi connectivity index (χ2v) is 5.01. The Morgan fingerprint density at radius 1 is 1.05 bits per heavy atom. The zero-order valence-corrected chi connectivity index (χ0v) is 12.2. The highest BCUT2D eigenvalue weighted by Crippen LogP contribution is 2.15. The molecule has 0 aliphatic heterocycles. The normalized spacial score (nSPS) is 13.3. The molecule has 2 rings (SSSR count). The molecule has 110 valence electrons. The van der Waals surface area contributed by atoms with Crippen molar-refractivity contribution in [3.8, 4) is 0 Å². The zero-order chi connectivity index (χ0) is 15.2. The molecule has 0 saturated carbocycles. The van der Waals surface area contributed by atoms with Crippen molar-refractivity contribution < 1.29 is 4.79 Å². The molecule has 2 unspecified atom stereocenters. The number of pyridine rings is 1. The standard InChI is InChI=1S/C16H20N4O/c1-11(17)13-3-5-15(6-4-13)20-16(21)19-12(2)14-7-9-18-10-8-14/h3-12H,17H2,1-2H3,(H2,19,20,21). The number of amides is 2. The maximum absolute atomic E-state index is 12.0. The first kappa shape index (κ1) is 15.0. The van der Waals surface area contributed by atoms with Gasteiger partial charge in [0.15, 0.2) is 0 Å². The molecule has 2 aromatic rings. The van der Waals surface area contributed by atoms with Crippen molar-refractivity contribution in [2.45, 2.75) is 25.9 Å². The lowest BCUT2D eigenvalue weighted by Crippen LogP contribution is -2.31. The molecule has 2 amide bonds. The van der Waals surface area contributed by atoms with Gasteiger partial charge in [-0.05, 0) is 49.2 Å². The second-order valence-electron chi connectivity index (χ2n) is 5.01. The van der Waals surface area contributed by atoms with Crippen LogP contribution in [-0.4, -0.2) is 11.0 Å². The van der Waals surface area contributed by atoms with E-state index in [0.717, 1.165) is 16.8 Å². The predicted molar refractivity (Wildman–Crippen MR) is 83.9 cm³/mol. The number of carbonyl (C=O) groups is 1. The van der Waals surface area contributed by atoms with Crippen LogP contribution in [0.1, 0.15) is 37.1 Å². The van der Waals surface area contributed by atoms with Gasteiger partial charge >= 0.3 is 6.03 Å². The predicted octanol–water partition coefficient (Wildman–Crippen LogP) is 2.98. The molecule has 1 aromatic carbocycles. The molecule has 0 fully saturated rings. The van der Waals surface area contributed by atoms with Crippen LogP contribution in [0.2, 0.25) is 0 Å². The van der Waals surface area contributed by atoms with E-state index in [2.05, 4.69) is 15.6 Å². The first-order chi connectivity index (χ1) is 10.1. The SMILES string of the molecule is CC(N)c1ccc(NC(=O)NC(C)c2ccncc2)cc1. The fraction of sp³-hybridized carbons (Fsp3) is 0.250. The fourth-order valence-corrected chi connectivity index (χ4v) is 1.97. The Bertz CT molecular complexity index is 581. The Hall–Kier alpha value is -2.40. The lowest BCUT2D eigenvalue weighted by atomic mass is 10.1. The maximum atomic E-state index is 12.0. The van der Waals surface area contributed by atoms with Crippen LogP contribution in [-0.2, 0) is 0 Å². The smallest absolute Gasteiger partial charge is 0.319 e. The van der Waals surface area contributed by atoms with Crippen molar-refractivity contribution >= 4 is 11.7 Å². The first-order valence-electron chi connectivity index (χ1n) is 6.89. The van der Waals surface area contributed by atoms with E-state index >= 15 is 0 Å². The van der Waals surface area contributed by atoms with Crippen LogP contribution in [0.3, 0.4) is 0 Å². The molecule has 1 heterocycles. The van der Waals surface area contributed by atoms with Crippen LogP contribution in [0.5, 0.6) is 0 Å². The van der Waals surface area contributed by atoms with Crippen molar-refractivity contribution in [1.82, 2.24) is 10.3 Å². The molecule has 5 nitrogen and oxygen atoms in total. The van der Waals surface area contributed by atoms with Crippen molar-refractivity contribution in [2.75, 3.05) is 5.32 Å². The molecule has 0 bridgehead atoms. The summed E-state index contributed by atoms with van der Waals surface area (Å²) in [5.41, 5.74) is 8.57. The molecule has 0 aliphatic rings. The van der Waals surface area contributed by atoms with Crippen LogP contribution in [0.4, 0.5) is 10.5 Å². The topological polar surface area (TPSA) is 80.0 Å². The Balaban J connectivity index is 1.92. The highest BCUT2D eigenvalue weighted by Gasteiger charge is 2.09. The molecule has 5 heteroatoms. The van der Waals surface area contributed by atoms with Crippen LogP contribution < -0.4 is 16.4 Å². The number of nitrogens with two attached hydrogens (primary N) is 1. The molecule has 21 heavy (non-hydrogen) atoms. The van der Waals surface area contributed by atoms with Crippen LogP contribution in [0.25, 0.3) is 0 Å². The van der Waals surface area contributed by atoms with E-state index in [9.17, 15) is 4.79 Å². The van der Waals surface area contributed by atoms with E-state index in [1.807, 2.05) is 50.2 Å². The lowest BCUT2D eigenvalue weighted by molar-refractivity contribution is 0.249. The highest BCUT2D eigenvalue weighted by atomic mass is 16.2. The third-order valence-electron chi connectivity index (χ3n) is 3.25. The summed E-state index contributed by atoms with van der Waals surface area (Å²) in [6, 6.07) is 10.9. The van der Waals surface area contributed by atoms with Gasteiger partial charge in [0, 0.05) is 24.1 Å². The van der Waals surface area contributed by atoms with Gasteiger partial charge in [-0.3, -0.25) is 4.98 Å². The number of rotatable bonds is 4. The fourth-order valence-electron chi connectivity index (χ4n) is 1.97. The minimum Gasteiger partial charge on any atom is -0.331 e. The van der Waals surface area contributed by atoms with E-state index in [4.69, 9.17) is 5.73 Å². The summed E-state index contributed by atoms with van der Waals surface area (Å²) in [6.07, 6.45) is 3.41. The van der Waals surface area contributed by atoms with Gasteiger partial charge in [0.1, 0.15) is 0 Å². The highest BCUT2D eigenvalue weighted by molar-refractivity contribution is 5.89. The van der Waals surface area contributed by atoms with Crippen LogP contribution in [0, 0.1) is 0 Å². The minimum atomic E-state index is -0.243. The average Bonchev–Trinajstić information content (AvgIpc) is 2.48. The molecule has 0 radical (unpaired) electrons. The molecular weight excluding hydrogens is 264 g/mol. The van der Waals surface area contributed by atoms with Gasteiger partial charge in [-0.2, -0.15) is 0 Å². The number of nitrogens with one attached hydrogen (secondary N) is 2. The number of hydrogen-bond donors (Lipinski definition) is 3. The maximum Gasteiger partial charge on any atom is 0.319 e. The van der Waals surface area contributed by atoms with Crippen molar-refractivity contribution in [1.29, 1.82) is 0 Å². The van der Waals surface area contributed by atoms with Crippen LogP contribution in [0.15, 0.2) is 48.8 Å². The third kappa shape index (κ3) is 4.29. The van der Waals surface area contributed by atoms with Gasteiger partial charge in [-0.1, -0.05) is 12.1 Å². The van der Waals surface area contributed by atoms with Crippen molar-refractivity contribution in [2.24, 2.45) is 5.73 Å². The van der Waals surface area contributed by atoms with E-state index in [1.165, 1.54) is 0 Å². The van der Waals surface area contributed by atoms with E-state index < -0.39 is 0 Å².